The summed E-state index contributed by atoms with van der Waals surface area (Å²) >= 11 is 5.77. The second-order valence-electron chi connectivity index (χ2n) is 4.40. The van der Waals surface area contributed by atoms with E-state index >= 15 is 0 Å². The molecule has 1 aromatic heterocycles. The summed E-state index contributed by atoms with van der Waals surface area (Å²) in [6.45, 7) is 4.77. The predicted octanol–water partition coefficient (Wildman–Crippen LogP) is 2.99. The molecular weight excluding hydrogens is 243 g/mol. The topological polar surface area (TPSA) is 33.2 Å². The molecule has 3 nitrogen and oxygen atoms in total. The third kappa shape index (κ3) is 3.97. The molecule has 0 fully saturated rings. The van der Waals surface area contributed by atoms with E-state index in [2.05, 4.69) is 18.8 Å². The zero-order valence-electron chi connectivity index (χ0n) is 10.2. The molecule has 0 unspecified atom stereocenters. The van der Waals surface area contributed by atoms with Crippen LogP contribution < -0.4 is 0 Å². The van der Waals surface area contributed by atoms with Crippen LogP contribution in [0.2, 0.25) is 5.15 Å². The summed E-state index contributed by atoms with van der Waals surface area (Å²) in [7, 11) is 1.67. The second-order valence-corrected chi connectivity index (χ2v) is 4.76. The lowest BCUT2D eigenvalue weighted by molar-refractivity contribution is 0.0788. The molecule has 1 amide bonds. The van der Waals surface area contributed by atoms with Gasteiger partial charge in [0.05, 0.1) is 11.8 Å². The Kier molecular flexibility index (Phi) is 4.87. The summed E-state index contributed by atoms with van der Waals surface area (Å²) in [5, 5.41) is 0.0350. The van der Waals surface area contributed by atoms with Gasteiger partial charge in [-0.3, -0.25) is 4.79 Å². The van der Waals surface area contributed by atoms with Crippen LogP contribution in [-0.2, 0) is 0 Å². The van der Waals surface area contributed by atoms with Crippen LogP contribution in [0.15, 0.2) is 12.3 Å². The number of rotatable bonds is 4. The first-order valence-electron chi connectivity index (χ1n) is 5.48. The Morgan fingerprint density at radius 1 is 1.59 bits per heavy atom. The highest BCUT2D eigenvalue weighted by atomic mass is 35.5. The lowest BCUT2D eigenvalue weighted by Crippen LogP contribution is -2.29. The quantitative estimate of drug-likeness (QED) is 0.778. The van der Waals surface area contributed by atoms with E-state index < -0.39 is 5.82 Å². The van der Waals surface area contributed by atoms with Gasteiger partial charge in [0.2, 0.25) is 0 Å². The summed E-state index contributed by atoms with van der Waals surface area (Å²) in [6.07, 6.45) is 1.88. The lowest BCUT2D eigenvalue weighted by atomic mass is 10.1. The zero-order chi connectivity index (χ0) is 13.0. The van der Waals surface area contributed by atoms with Gasteiger partial charge in [0.1, 0.15) is 11.0 Å². The van der Waals surface area contributed by atoms with Gasteiger partial charge >= 0.3 is 0 Å². The van der Waals surface area contributed by atoms with E-state index in [4.69, 9.17) is 11.6 Å². The molecule has 17 heavy (non-hydrogen) atoms. The number of halogens is 2. The van der Waals surface area contributed by atoms with E-state index in [0.29, 0.717) is 12.5 Å². The molecular formula is C12H16ClFN2O. The Labute approximate surface area is 106 Å². The number of aromatic nitrogens is 1. The minimum atomic E-state index is -0.560. The van der Waals surface area contributed by atoms with Crippen LogP contribution in [0.4, 0.5) is 4.39 Å². The summed E-state index contributed by atoms with van der Waals surface area (Å²) in [4.78, 5) is 17.1. The van der Waals surface area contributed by atoms with Crippen molar-refractivity contribution in [3.63, 3.8) is 0 Å². The fraction of sp³-hybridized carbons (Fsp3) is 0.500. The standard InChI is InChI=1S/C12H16ClFN2O/c1-8(2)4-5-16(3)12(17)10-6-9(14)7-15-11(10)13/h6-8H,4-5H2,1-3H3. The molecule has 0 aliphatic heterocycles. The van der Waals surface area contributed by atoms with Crippen LogP contribution in [0.1, 0.15) is 30.6 Å². The highest BCUT2D eigenvalue weighted by Crippen LogP contribution is 2.16. The van der Waals surface area contributed by atoms with Gasteiger partial charge in [-0.05, 0) is 18.4 Å². The highest BCUT2D eigenvalue weighted by Gasteiger charge is 2.16. The molecule has 0 bridgehead atoms. The number of carbonyl (C=O) groups excluding carboxylic acids is 1. The van der Waals surface area contributed by atoms with E-state index in [9.17, 15) is 9.18 Å². The van der Waals surface area contributed by atoms with Crippen LogP contribution in [0.25, 0.3) is 0 Å². The highest BCUT2D eigenvalue weighted by molar-refractivity contribution is 6.32. The lowest BCUT2D eigenvalue weighted by Gasteiger charge is -2.18. The Morgan fingerprint density at radius 3 is 2.82 bits per heavy atom. The Morgan fingerprint density at radius 2 is 2.24 bits per heavy atom. The number of carbonyl (C=O) groups is 1. The van der Waals surface area contributed by atoms with Gasteiger partial charge in [-0.2, -0.15) is 0 Å². The molecule has 1 aromatic rings. The summed E-state index contributed by atoms with van der Waals surface area (Å²) in [5.74, 6) is -0.357. The van der Waals surface area contributed by atoms with Gasteiger partial charge in [0, 0.05) is 13.6 Å². The first-order valence-corrected chi connectivity index (χ1v) is 5.86. The van der Waals surface area contributed by atoms with Gasteiger partial charge < -0.3 is 4.90 Å². The molecule has 0 saturated heterocycles. The molecule has 1 heterocycles. The van der Waals surface area contributed by atoms with Gasteiger partial charge in [0.25, 0.3) is 5.91 Å². The monoisotopic (exact) mass is 258 g/mol. The molecule has 0 spiro atoms. The summed E-state index contributed by atoms with van der Waals surface area (Å²) < 4.78 is 13.0. The Hall–Kier alpha value is -1.16. The fourth-order valence-electron chi connectivity index (χ4n) is 1.33. The number of hydrogen-bond acceptors (Lipinski definition) is 2. The summed E-state index contributed by atoms with van der Waals surface area (Å²) in [5.41, 5.74) is 0.109. The van der Waals surface area contributed by atoms with Crippen molar-refractivity contribution in [1.82, 2.24) is 9.88 Å². The van der Waals surface area contributed by atoms with E-state index in [1.165, 1.54) is 4.90 Å². The number of nitrogens with zero attached hydrogens (tertiary/aromatic N) is 2. The van der Waals surface area contributed by atoms with Crippen molar-refractivity contribution in [2.45, 2.75) is 20.3 Å². The maximum Gasteiger partial charge on any atom is 0.256 e. The van der Waals surface area contributed by atoms with Gasteiger partial charge in [0.15, 0.2) is 0 Å². The Bertz CT molecular complexity index is 409. The van der Waals surface area contributed by atoms with E-state index in [0.717, 1.165) is 18.7 Å². The molecule has 0 N–H and O–H groups in total. The molecule has 0 radical (unpaired) electrons. The smallest absolute Gasteiger partial charge is 0.256 e. The minimum absolute atomic E-state index is 0.0350. The molecule has 5 heteroatoms. The van der Waals surface area contributed by atoms with Crippen LogP contribution in [-0.4, -0.2) is 29.4 Å². The molecule has 0 aliphatic carbocycles. The van der Waals surface area contributed by atoms with Gasteiger partial charge in [-0.15, -0.1) is 0 Å². The van der Waals surface area contributed by atoms with Crippen molar-refractivity contribution in [1.29, 1.82) is 0 Å². The molecule has 0 aliphatic rings. The Balaban J connectivity index is 2.78. The maximum absolute atomic E-state index is 13.0. The number of hydrogen-bond donors (Lipinski definition) is 0. The third-order valence-corrected chi connectivity index (χ3v) is 2.73. The first-order chi connectivity index (χ1) is 7.91. The SMILES string of the molecule is CC(C)CCN(C)C(=O)c1cc(F)cnc1Cl. The van der Waals surface area contributed by atoms with Crippen molar-refractivity contribution in [3.8, 4) is 0 Å². The van der Waals surface area contributed by atoms with Crippen LogP contribution in [0, 0.1) is 11.7 Å². The van der Waals surface area contributed by atoms with Gasteiger partial charge in [-0.25, -0.2) is 9.37 Å². The van der Waals surface area contributed by atoms with Crippen molar-refractivity contribution < 1.29 is 9.18 Å². The number of amides is 1. The largest absolute Gasteiger partial charge is 0.342 e. The van der Waals surface area contributed by atoms with E-state index in [1.54, 1.807) is 7.05 Å². The van der Waals surface area contributed by atoms with Crippen LogP contribution >= 0.6 is 11.6 Å². The van der Waals surface area contributed by atoms with E-state index in [1.807, 2.05) is 0 Å². The molecule has 1 rings (SSSR count). The minimum Gasteiger partial charge on any atom is -0.342 e. The zero-order valence-corrected chi connectivity index (χ0v) is 11.0. The third-order valence-electron chi connectivity index (χ3n) is 2.42. The molecule has 0 saturated carbocycles. The van der Waals surface area contributed by atoms with Crippen molar-refractivity contribution in [2.24, 2.45) is 5.92 Å². The predicted molar refractivity (Wildman–Crippen MR) is 65.6 cm³/mol. The second kappa shape index (κ2) is 5.96. The van der Waals surface area contributed by atoms with Crippen molar-refractivity contribution in [3.05, 3.63) is 28.8 Å². The maximum atomic E-state index is 13.0. The first kappa shape index (κ1) is 13.9. The van der Waals surface area contributed by atoms with Crippen LogP contribution in [0.5, 0.6) is 0 Å². The van der Waals surface area contributed by atoms with Crippen molar-refractivity contribution in [2.75, 3.05) is 13.6 Å². The summed E-state index contributed by atoms with van der Waals surface area (Å²) in [6, 6.07) is 1.11. The average molecular weight is 259 g/mol. The molecule has 0 aromatic carbocycles. The van der Waals surface area contributed by atoms with E-state index in [-0.39, 0.29) is 16.6 Å². The van der Waals surface area contributed by atoms with Gasteiger partial charge in [-0.1, -0.05) is 25.4 Å². The van der Waals surface area contributed by atoms with Crippen molar-refractivity contribution >= 4 is 17.5 Å². The molecule has 0 atom stereocenters. The number of pyridine rings is 1. The van der Waals surface area contributed by atoms with Crippen LogP contribution in [0.3, 0.4) is 0 Å². The normalized spacial score (nSPS) is 10.7. The molecule has 94 valence electrons. The fourth-order valence-corrected chi connectivity index (χ4v) is 1.52. The average Bonchev–Trinajstić information content (AvgIpc) is 2.28.